The van der Waals surface area contributed by atoms with E-state index >= 15 is 0 Å². The molecule has 1 aliphatic rings. The Kier molecular flexibility index (Phi) is 3.78. The van der Waals surface area contributed by atoms with Gasteiger partial charge >= 0.3 is 5.97 Å². The predicted molar refractivity (Wildman–Crippen MR) is 79.8 cm³/mol. The van der Waals surface area contributed by atoms with E-state index in [1.54, 1.807) is 0 Å². The molecule has 112 valence electrons. The normalized spacial score (nSPS) is 12.7. The van der Waals surface area contributed by atoms with Crippen LogP contribution in [0.25, 0.3) is 0 Å². The first-order valence-corrected chi connectivity index (χ1v) is 7.02. The molecule has 0 aromatic heterocycles. The number of rotatable bonds is 4. The Morgan fingerprint density at radius 3 is 2.05 bits per heavy atom. The summed E-state index contributed by atoms with van der Waals surface area (Å²) in [6.45, 7) is 0. The summed E-state index contributed by atoms with van der Waals surface area (Å²) in [6, 6.07) is 14.7. The van der Waals surface area contributed by atoms with Crippen molar-refractivity contribution >= 4 is 11.9 Å². The summed E-state index contributed by atoms with van der Waals surface area (Å²) < 4.78 is 5.84. The molecule has 1 amide bonds. The third-order valence-electron chi connectivity index (χ3n) is 3.55. The molecule has 0 aliphatic carbocycles. The Balaban J connectivity index is 1.89. The van der Waals surface area contributed by atoms with E-state index in [1.165, 1.54) is 0 Å². The summed E-state index contributed by atoms with van der Waals surface area (Å²) in [7, 11) is 0. The van der Waals surface area contributed by atoms with Crippen molar-refractivity contribution in [3.8, 4) is 11.5 Å². The maximum Gasteiger partial charge on any atom is 0.303 e. The minimum Gasteiger partial charge on any atom is -0.481 e. The largest absolute Gasteiger partial charge is 0.481 e. The number of carbonyl (C=O) groups is 2. The molecule has 0 spiro atoms. The van der Waals surface area contributed by atoms with E-state index in [4.69, 9.17) is 9.84 Å². The van der Waals surface area contributed by atoms with Gasteiger partial charge in [-0.05, 0) is 12.1 Å². The highest BCUT2D eigenvalue weighted by atomic mass is 16.5. The van der Waals surface area contributed by atoms with Gasteiger partial charge in [0.15, 0.2) is 0 Å². The van der Waals surface area contributed by atoms with Crippen LogP contribution in [0.3, 0.4) is 0 Å². The molecule has 0 saturated carbocycles. The smallest absolute Gasteiger partial charge is 0.303 e. The Bertz CT molecular complexity index is 681. The number of nitrogens with one attached hydrogen (secondary N) is 1. The van der Waals surface area contributed by atoms with Gasteiger partial charge in [-0.15, -0.1) is 0 Å². The number of aliphatic carboxylic acids is 1. The summed E-state index contributed by atoms with van der Waals surface area (Å²) in [4.78, 5) is 22.6. The number of para-hydroxylation sites is 2. The van der Waals surface area contributed by atoms with E-state index in [1.807, 2.05) is 48.5 Å². The second kappa shape index (κ2) is 5.89. The van der Waals surface area contributed by atoms with Crippen molar-refractivity contribution < 1.29 is 19.4 Å². The summed E-state index contributed by atoms with van der Waals surface area (Å²) >= 11 is 0. The molecule has 0 fully saturated rings. The molecule has 5 nitrogen and oxygen atoms in total. The fourth-order valence-corrected chi connectivity index (χ4v) is 2.52. The van der Waals surface area contributed by atoms with Crippen LogP contribution in [0.1, 0.15) is 30.0 Å². The highest BCUT2D eigenvalue weighted by molar-refractivity contribution is 5.81. The fourth-order valence-electron chi connectivity index (χ4n) is 2.52. The number of ether oxygens (including phenoxy) is 1. The van der Waals surface area contributed by atoms with Crippen LogP contribution in [-0.4, -0.2) is 17.0 Å². The molecular weight excluding hydrogens is 282 g/mol. The van der Waals surface area contributed by atoms with Crippen LogP contribution >= 0.6 is 0 Å². The van der Waals surface area contributed by atoms with Gasteiger partial charge in [0, 0.05) is 17.5 Å². The lowest BCUT2D eigenvalue weighted by atomic mass is 9.94. The van der Waals surface area contributed by atoms with Crippen LogP contribution in [0.5, 0.6) is 11.5 Å². The number of carboxylic acids is 1. The second-order valence-electron chi connectivity index (χ2n) is 5.07. The molecule has 2 aromatic rings. The molecule has 0 radical (unpaired) electrons. The Labute approximate surface area is 127 Å². The number of hydrogen-bond acceptors (Lipinski definition) is 3. The fraction of sp³-hybridized carbons (Fsp3) is 0.176. The SMILES string of the molecule is O=C(O)CCC(=O)NC1c2ccccc2Oc2ccccc21. The van der Waals surface area contributed by atoms with E-state index in [0.29, 0.717) is 11.5 Å². The highest BCUT2D eigenvalue weighted by Crippen LogP contribution is 2.42. The zero-order chi connectivity index (χ0) is 15.5. The van der Waals surface area contributed by atoms with Crippen LogP contribution in [-0.2, 0) is 9.59 Å². The summed E-state index contributed by atoms with van der Waals surface area (Å²) in [5, 5.41) is 11.6. The van der Waals surface area contributed by atoms with Gasteiger partial charge in [-0.3, -0.25) is 9.59 Å². The van der Waals surface area contributed by atoms with Gasteiger partial charge in [-0.1, -0.05) is 36.4 Å². The first kappa shape index (κ1) is 14.1. The average Bonchev–Trinajstić information content (AvgIpc) is 2.52. The third kappa shape index (κ3) is 2.79. The minimum atomic E-state index is -0.983. The maximum absolute atomic E-state index is 12.0. The van der Waals surface area contributed by atoms with Crippen LogP contribution in [0.15, 0.2) is 48.5 Å². The number of carboxylic acid groups (broad SMARTS) is 1. The topological polar surface area (TPSA) is 75.6 Å². The number of carbonyl (C=O) groups excluding carboxylic acids is 1. The van der Waals surface area contributed by atoms with Crippen LogP contribution < -0.4 is 10.1 Å². The van der Waals surface area contributed by atoms with Gasteiger partial charge in [0.1, 0.15) is 11.5 Å². The molecule has 5 heteroatoms. The molecule has 1 aliphatic heterocycles. The van der Waals surface area contributed by atoms with Gasteiger partial charge in [-0.2, -0.15) is 0 Å². The highest BCUT2D eigenvalue weighted by Gasteiger charge is 2.27. The lowest BCUT2D eigenvalue weighted by Gasteiger charge is -2.28. The Morgan fingerprint density at radius 2 is 1.50 bits per heavy atom. The van der Waals surface area contributed by atoms with E-state index in [0.717, 1.165) is 11.1 Å². The zero-order valence-corrected chi connectivity index (χ0v) is 11.8. The van der Waals surface area contributed by atoms with Crippen molar-refractivity contribution in [2.24, 2.45) is 0 Å². The molecule has 2 N–H and O–H groups in total. The Hall–Kier alpha value is -2.82. The quantitative estimate of drug-likeness (QED) is 0.910. The third-order valence-corrected chi connectivity index (χ3v) is 3.55. The van der Waals surface area contributed by atoms with Gasteiger partial charge in [-0.25, -0.2) is 0 Å². The van der Waals surface area contributed by atoms with E-state index < -0.39 is 5.97 Å². The minimum absolute atomic E-state index is 0.0446. The lowest BCUT2D eigenvalue weighted by Crippen LogP contribution is -2.31. The number of fused-ring (bicyclic) bond motifs is 2. The van der Waals surface area contributed by atoms with Crippen LogP contribution in [0, 0.1) is 0 Å². The summed E-state index contributed by atoms with van der Waals surface area (Å²) in [5.74, 6) is 0.122. The lowest BCUT2D eigenvalue weighted by molar-refractivity contribution is -0.138. The van der Waals surface area contributed by atoms with Gasteiger partial charge < -0.3 is 15.2 Å². The van der Waals surface area contributed by atoms with Crippen LogP contribution in [0.4, 0.5) is 0 Å². The second-order valence-corrected chi connectivity index (χ2v) is 5.07. The van der Waals surface area contributed by atoms with E-state index in [-0.39, 0.29) is 24.8 Å². The van der Waals surface area contributed by atoms with E-state index in [2.05, 4.69) is 5.32 Å². The molecule has 0 bridgehead atoms. The van der Waals surface area contributed by atoms with E-state index in [9.17, 15) is 9.59 Å². The molecule has 1 heterocycles. The molecule has 0 saturated heterocycles. The van der Waals surface area contributed by atoms with Gasteiger partial charge in [0.05, 0.1) is 12.5 Å². The van der Waals surface area contributed by atoms with Crippen LogP contribution in [0.2, 0.25) is 0 Å². The van der Waals surface area contributed by atoms with Crippen molar-refractivity contribution in [2.75, 3.05) is 0 Å². The van der Waals surface area contributed by atoms with Crippen molar-refractivity contribution in [3.05, 3.63) is 59.7 Å². The zero-order valence-electron chi connectivity index (χ0n) is 11.8. The number of amides is 1. The molecule has 2 aromatic carbocycles. The molecule has 0 unspecified atom stereocenters. The molecule has 22 heavy (non-hydrogen) atoms. The average molecular weight is 297 g/mol. The van der Waals surface area contributed by atoms with Gasteiger partial charge in [0.2, 0.25) is 5.91 Å². The van der Waals surface area contributed by atoms with Crippen molar-refractivity contribution in [3.63, 3.8) is 0 Å². The summed E-state index contributed by atoms with van der Waals surface area (Å²) in [5.41, 5.74) is 1.73. The first-order valence-electron chi connectivity index (χ1n) is 7.02. The Morgan fingerprint density at radius 1 is 0.955 bits per heavy atom. The maximum atomic E-state index is 12.0. The van der Waals surface area contributed by atoms with Crippen molar-refractivity contribution in [1.82, 2.24) is 5.32 Å². The monoisotopic (exact) mass is 297 g/mol. The first-order chi connectivity index (χ1) is 10.6. The molecule has 0 atom stereocenters. The molecule has 3 rings (SSSR count). The molecular formula is C17H15NO4. The number of benzene rings is 2. The standard InChI is InChI=1S/C17H15NO4/c19-15(9-10-16(20)21)18-17-11-5-1-3-7-13(11)22-14-8-4-2-6-12(14)17/h1-8,17H,9-10H2,(H,18,19)(H,20,21). The summed E-state index contributed by atoms with van der Waals surface area (Å²) in [6.07, 6.45) is -0.227. The van der Waals surface area contributed by atoms with Gasteiger partial charge in [0.25, 0.3) is 0 Å². The number of hydrogen-bond donors (Lipinski definition) is 2. The van der Waals surface area contributed by atoms with Crippen molar-refractivity contribution in [2.45, 2.75) is 18.9 Å². The predicted octanol–water partition coefficient (Wildman–Crippen LogP) is 2.86. The van der Waals surface area contributed by atoms with Crippen molar-refractivity contribution in [1.29, 1.82) is 0 Å².